The summed E-state index contributed by atoms with van der Waals surface area (Å²) < 4.78 is 65.6. The molecule has 4 N–H and O–H groups in total. The predicted molar refractivity (Wildman–Crippen MR) is 221 cm³/mol. The third kappa shape index (κ3) is 10.8. The molecule has 22 heteroatoms. The maximum atomic E-state index is 15.0. The van der Waals surface area contributed by atoms with Gasteiger partial charge in [0.1, 0.15) is 54.2 Å². The molecule has 0 amide bonds. The van der Waals surface area contributed by atoms with Gasteiger partial charge in [-0.1, -0.05) is 13.0 Å². The van der Waals surface area contributed by atoms with Crippen LogP contribution in [0.3, 0.4) is 0 Å². The van der Waals surface area contributed by atoms with Crippen LogP contribution < -0.4 is 20.2 Å². The van der Waals surface area contributed by atoms with Crippen LogP contribution in [0, 0.1) is 17.6 Å². The molecule has 2 aromatic heterocycles. The highest BCUT2D eigenvalue weighted by Gasteiger charge is 2.45. The lowest BCUT2D eigenvalue weighted by molar-refractivity contribution is -0.168. The van der Waals surface area contributed by atoms with E-state index in [1.807, 2.05) is 48.5 Å². The Morgan fingerprint density at radius 3 is 2.21 bits per heavy atom. The first-order valence-corrected chi connectivity index (χ1v) is 21.8. The minimum absolute atomic E-state index is 0.0553. The summed E-state index contributed by atoms with van der Waals surface area (Å²) in [5, 5.41) is 28.4. The second-order valence-corrected chi connectivity index (χ2v) is 16.8. The van der Waals surface area contributed by atoms with Crippen molar-refractivity contribution in [1.82, 2.24) is 29.1 Å². The summed E-state index contributed by atoms with van der Waals surface area (Å²) in [6.07, 6.45) is -0.0688. The maximum Gasteiger partial charge on any atom is 0.469 e. The fourth-order valence-electron chi connectivity index (χ4n) is 7.98. The highest BCUT2D eigenvalue weighted by Crippen LogP contribution is 2.42. The van der Waals surface area contributed by atoms with Crippen LogP contribution in [-0.2, 0) is 35.5 Å². The van der Waals surface area contributed by atoms with Gasteiger partial charge in [-0.2, -0.15) is 10.2 Å². The first-order chi connectivity index (χ1) is 30.1. The predicted octanol–water partition coefficient (Wildman–Crippen LogP) is 2.96. The Kier molecular flexibility index (Phi) is 14.1. The molecule has 19 nitrogen and oxygen atoms in total. The molecule has 7 rings (SSSR count). The topological polar surface area (TPSA) is 229 Å². The van der Waals surface area contributed by atoms with Crippen LogP contribution in [0.15, 0.2) is 90.5 Å². The molecule has 0 saturated carbocycles. The van der Waals surface area contributed by atoms with Gasteiger partial charge in [-0.05, 0) is 74.4 Å². The van der Waals surface area contributed by atoms with Gasteiger partial charge in [-0.15, -0.1) is 0 Å². The fourth-order valence-corrected chi connectivity index (χ4v) is 8.33. The largest absolute Gasteiger partial charge is 0.493 e. The van der Waals surface area contributed by atoms with E-state index in [4.69, 9.17) is 24.0 Å². The molecule has 2 unspecified atom stereocenters. The van der Waals surface area contributed by atoms with E-state index in [9.17, 15) is 28.8 Å². The number of anilines is 2. The Morgan fingerprint density at radius 1 is 0.952 bits per heavy atom. The van der Waals surface area contributed by atoms with E-state index in [1.165, 1.54) is 47.3 Å². The molecule has 0 aliphatic carbocycles. The number of rotatable bonds is 18. The average molecular weight is 899 g/mol. The Labute approximate surface area is 360 Å². The van der Waals surface area contributed by atoms with Crippen molar-refractivity contribution in [3.05, 3.63) is 113 Å². The quantitative estimate of drug-likeness (QED) is 0.0732. The number of piperazine rings is 1. The van der Waals surface area contributed by atoms with E-state index in [-0.39, 0.29) is 18.0 Å². The van der Waals surface area contributed by atoms with Crippen molar-refractivity contribution in [2.75, 3.05) is 55.8 Å². The van der Waals surface area contributed by atoms with Crippen LogP contribution in [0.1, 0.15) is 38.3 Å². The summed E-state index contributed by atoms with van der Waals surface area (Å²) in [5.41, 5.74) is 1.30. The van der Waals surface area contributed by atoms with Crippen molar-refractivity contribution in [2.45, 2.75) is 63.2 Å². The second kappa shape index (κ2) is 19.5. The van der Waals surface area contributed by atoms with Gasteiger partial charge in [0.15, 0.2) is 6.10 Å². The van der Waals surface area contributed by atoms with Crippen molar-refractivity contribution in [2.24, 2.45) is 5.92 Å². The summed E-state index contributed by atoms with van der Waals surface area (Å²) in [6, 6.07) is 18.1. The summed E-state index contributed by atoms with van der Waals surface area (Å²) >= 11 is 0. The number of aliphatic hydroxyl groups excluding tert-OH is 2. The number of ether oxygens (including phenoxy) is 3. The molecule has 0 spiro atoms. The number of nitrogens with zero attached hydrogens (tertiary/aromatic N) is 8. The number of hydrogen-bond acceptors (Lipinski definition) is 14. The van der Waals surface area contributed by atoms with Crippen LogP contribution >= 0.6 is 7.82 Å². The Bertz CT molecular complexity index is 2410. The third-order valence-electron chi connectivity index (χ3n) is 11.3. The summed E-state index contributed by atoms with van der Waals surface area (Å²) in [5.74, 6) is -1.97. The zero-order valence-electron chi connectivity index (χ0n) is 34.5. The smallest absolute Gasteiger partial charge is 0.469 e. The van der Waals surface area contributed by atoms with Gasteiger partial charge in [0.2, 0.25) is 0 Å². The Balaban J connectivity index is 0.894. The molecule has 0 radical (unpaired) electrons. The lowest BCUT2D eigenvalue weighted by Gasteiger charge is -2.37. The summed E-state index contributed by atoms with van der Waals surface area (Å²) in [4.78, 5) is 52.1. The minimum Gasteiger partial charge on any atom is -0.493 e. The number of halogens is 2. The Hall–Kier alpha value is -5.54. The average Bonchev–Trinajstić information content (AvgIpc) is 4.03. The fraction of sp³-hybridized carbons (Fsp3) is 0.439. The molecule has 338 valence electrons. The van der Waals surface area contributed by atoms with Gasteiger partial charge in [0, 0.05) is 55.1 Å². The molecule has 2 aliphatic heterocycles. The highest BCUT2D eigenvalue weighted by atomic mass is 31.2. The van der Waals surface area contributed by atoms with Crippen LogP contribution in [0.5, 0.6) is 5.75 Å². The molecule has 6 atom stereocenters. The van der Waals surface area contributed by atoms with E-state index in [1.54, 1.807) is 11.6 Å². The summed E-state index contributed by atoms with van der Waals surface area (Å²) in [7, 11) is -4.94. The monoisotopic (exact) mass is 898 g/mol. The Morgan fingerprint density at radius 2 is 1.60 bits per heavy atom. The molecule has 2 saturated heterocycles. The van der Waals surface area contributed by atoms with E-state index >= 15 is 4.39 Å². The standard InChI is InChI=1S/C41H49F2N8O11P/c1-3-36(27(2)62-39(54)38(53)37(52)22-61-63(56,57)58)51-40(55)50(26-46-51)32-7-5-30(6-8-32)47-14-16-48(17-15-47)31-9-11-33(12-10-31)59-20-28-19-41(60-21-28,23-49-25-44-24-45-49)34-13-4-29(42)18-35(34)43/h4-13,18,24-28,36-38,52-53H,3,14-17,19-23H2,1-2H3,(H2,56,57,58)/t27-,28+,36-,37?,38?,41-/m0/s1. The van der Waals surface area contributed by atoms with Gasteiger partial charge in [0.05, 0.1) is 38.1 Å². The number of esters is 1. The number of hydrogen-bond donors (Lipinski definition) is 4. The molecule has 63 heavy (non-hydrogen) atoms. The van der Waals surface area contributed by atoms with Crippen LogP contribution in [-0.4, -0.2) is 119 Å². The van der Waals surface area contributed by atoms with Crippen molar-refractivity contribution in [3.63, 3.8) is 0 Å². The molecule has 2 aliphatic rings. The van der Waals surface area contributed by atoms with Crippen molar-refractivity contribution in [3.8, 4) is 11.4 Å². The lowest BCUT2D eigenvalue weighted by atomic mass is 9.87. The SMILES string of the molecule is CC[C@@H]([C@H](C)OC(=O)C(O)C(O)COP(=O)(O)O)n1ncn(-c2ccc(N3CCN(c4ccc(OC[C@@H]5CO[C@@](Cn6cncn6)(c6ccc(F)cc6F)C5)cc4)CC3)cc2)c1=O. The normalized spacial score (nSPS) is 20.0. The number of aliphatic hydroxyl groups is 2. The van der Waals surface area contributed by atoms with Gasteiger partial charge >= 0.3 is 19.5 Å². The van der Waals surface area contributed by atoms with E-state index in [2.05, 4.69) is 29.5 Å². The number of phosphoric ester groups is 1. The van der Waals surface area contributed by atoms with E-state index in [0.29, 0.717) is 37.5 Å². The highest BCUT2D eigenvalue weighted by molar-refractivity contribution is 7.46. The molecule has 4 heterocycles. The molecule has 0 bridgehead atoms. The van der Waals surface area contributed by atoms with Crippen molar-refractivity contribution in [1.29, 1.82) is 0 Å². The zero-order valence-corrected chi connectivity index (χ0v) is 35.4. The summed E-state index contributed by atoms with van der Waals surface area (Å²) in [6.45, 7) is 6.14. The van der Waals surface area contributed by atoms with Gasteiger partial charge in [-0.25, -0.2) is 41.8 Å². The lowest BCUT2D eigenvalue weighted by Crippen LogP contribution is -2.46. The number of phosphoric acid groups is 1. The van der Waals surface area contributed by atoms with Gasteiger partial charge < -0.3 is 44.0 Å². The number of carbonyl (C=O) groups excluding carboxylic acids is 1. The van der Waals surface area contributed by atoms with Crippen LogP contribution in [0.4, 0.5) is 20.2 Å². The zero-order chi connectivity index (χ0) is 44.9. The number of benzene rings is 3. The number of aromatic nitrogens is 6. The van der Waals surface area contributed by atoms with Gasteiger partial charge in [0.25, 0.3) is 0 Å². The van der Waals surface area contributed by atoms with Crippen molar-refractivity contribution < 1.29 is 56.9 Å². The molecule has 5 aromatic rings. The molecule has 3 aromatic carbocycles. The van der Waals surface area contributed by atoms with Crippen LogP contribution in [0.25, 0.3) is 5.69 Å². The first-order valence-electron chi connectivity index (χ1n) is 20.3. The molecular formula is C41H49F2N8O11P. The maximum absolute atomic E-state index is 15.0. The van der Waals surface area contributed by atoms with E-state index in [0.717, 1.165) is 43.6 Å². The number of carbonyl (C=O) groups is 1. The second-order valence-electron chi connectivity index (χ2n) is 15.5. The first kappa shape index (κ1) is 45.5. The minimum atomic E-state index is -4.94. The van der Waals surface area contributed by atoms with E-state index < -0.39 is 67.7 Å². The van der Waals surface area contributed by atoms with Gasteiger partial charge in [-0.3, -0.25) is 4.52 Å². The molecular weight excluding hydrogens is 849 g/mol. The molecule has 2 fully saturated rings. The van der Waals surface area contributed by atoms with Crippen LogP contribution in [0.2, 0.25) is 0 Å². The van der Waals surface area contributed by atoms with Crippen molar-refractivity contribution >= 4 is 25.2 Å². The third-order valence-corrected chi connectivity index (χ3v) is 11.8.